The van der Waals surface area contributed by atoms with E-state index in [9.17, 15) is 23.9 Å². The molecular formula is C22H22FN3O5. The number of carboxylic acids is 1. The second kappa shape index (κ2) is 8.86. The van der Waals surface area contributed by atoms with Gasteiger partial charge in [0.25, 0.3) is 11.5 Å². The lowest BCUT2D eigenvalue weighted by Gasteiger charge is -2.18. The SMILES string of the molecule is COc1ccc(C(CC(=O)O)NC(=O)c2cc(=O)n(-c3cc(C)ccc3C)[nH]2)cc1F. The van der Waals surface area contributed by atoms with Crippen molar-refractivity contribution >= 4 is 11.9 Å². The first-order chi connectivity index (χ1) is 14.7. The first kappa shape index (κ1) is 21.8. The predicted octanol–water partition coefficient (Wildman–Crippen LogP) is 2.88. The number of benzene rings is 2. The first-order valence-electron chi connectivity index (χ1n) is 9.45. The van der Waals surface area contributed by atoms with Crippen LogP contribution in [0.1, 0.15) is 39.6 Å². The number of aliphatic carboxylic acids is 1. The Balaban J connectivity index is 1.91. The van der Waals surface area contributed by atoms with Gasteiger partial charge in [0.15, 0.2) is 11.6 Å². The molecule has 3 aromatic rings. The highest BCUT2D eigenvalue weighted by molar-refractivity contribution is 5.92. The summed E-state index contributed by atoms with van der Waals surface area (Å²) >= 11 is 0. The van der Waals surface area contributed by atoms with E-state index in [1.807, 2.05) is 32.0 Å². The molecule has 3 rings (SSSR count). The summed E-state index contributed by atoms with van der Waals surface area (Å²) in [4.78, 5) is 36.5. The Bertz CT molecular complexity index is 1200. The number of carbonyl (C=O) groups is 2. The van der Waals surface area contributed by atoms with Crippen LogP contribution >= 0.6 is 0 Å². The largest absolute Gasteiger partial charge is 0.494 e. The van der Waals surface area contributed by atoms with E-state index in [0.717, 1.165) is 23.3 Å². The third kappa shape index (κ3) is 4.82. The van der Waals surface area contributed by atoms with Crippen molar-refractivity contribution < 1.29 is 23.8 Å². The molecule has 0 fully saturated rings. The number of ether oxygens (including phenoxy) is 1. The Labute approximate surface area is 177 Å². The van der Waals surface area contributed by atoms with Crippen molar-refractivity contribution in [3.8, 4) is 11.4 Å². The number of carboxylic acid groups (broad SMARTS) is 1. The van der Waals surface area contributed by atoms with Gasteiger partial charge in [-0.1, -0.05) is 18.2 Å². The molecule has 0 aliphatic rings. The summed E-state index contributed by atoms with van der Waals surface area (Å²) in [7, 11) is 1.31. The van der Waals surface area contributed by atoms with Gasteiger partial charge in [-0.3, -0.25) is 19.5 Å². The number of aromatic amines is 1. The van der Waals surface area contributed by atoms with Gasteiger partial charge in [-0.05, 0) is 48.7 Å². The minimum atomic E-state index is -1.18. The van der Waals surface area contributed by atoms with Crippen LogP contribution in [-0.2, 0) is 4.79 Å². The van der Waals surface area contributed by atoms with Crippen LogP contribution < -0.4 is 15.6 Å². The highest BCUT2D eigenvalue weighted by Crippen LogP contribution is 2.24. The molecule has 3 N–H and O–H groups in total. The fraction of sp³-hybridized carbons (Fsp3) is 0.227. The van der Waals surface area contributed by atoms with Crippen LogP contribution in [0.2, 0.25) is 0 Å². The predicted molar refractivity (Wildman–Crippen MR) is 111 cm³/mol. The minimum absolute atomic E-state index is 0.000850. The van der Waals surface area contributed by atoms with Gasteiger partial charge in [0.1, 0.15) is 5.69 Å². The number of methoxy groups -OCH3 is 1. The van der Waals surface area contributed by atoms with E-state index < -0.39 is 35.7 Å². The summed E-state index contributed by atoms with van der Waals surface area (Å²) in [5.41, 5.74) is 2.14. The maximum atomic E-state index is 14.1. The molecule has 1 aromatic heterocycles. The van der Waals surface area contributed by atoms with Crippen molar-refractivity contribution in [3.63, 3.8) is 0 Å². The summed E-state index contributed by atoms with van der Waals surface area (Å²) in [6, 6.07) is 9.62. The van der Waals surface area contributed by atoms with E-state index in [4.69, 9.17) is 4.74 Å². The second-order valence-corrected chi connectivity index (χ2v) is 7.15. The number of aryl methyl sites for hydroxylation is 2. The summed E-state index contributed by atoms with van der Waals surface area (Å²) in [5, 5.41) is 14.5. The number of hydrogen-bond acceptors (Lipinski definition) is 4. The van der Waals surface area contributed by atoms with E-state index in [1.165, 1.54) is 23.9 Å². The third-order valence-corrected chi connectivity index (χ3v) is 4.83. The number of nitrogens with one attached hydrogen (secondary N) is 2. The molecule has 1 amide bonds. The molecule has 2 aromatic carbocycles. The smallest absolute Gasteiger partial charge is 0.305 e. The topological polar surface area (TPSA) is 113 Å². The monoisotopic (exact) mass is 427 g/mol. The number of amides is 1. The van der Waals surface area contributed by atoms with E-state index in [-0.39, 0.29) is 17.0 Å². The first-order valence-corrected chi connectivity index (χ1v) is 9.45. The number of halogens is 1. The van der Waals surface area contributed by atoms with E-state index in [1.54, 1.807) is 0 Å². The van der Waals surface area contributed by atoms with Crippen LogP contribution in [0.25, 0.3) is 5.69 Å². The van der Waals surface area contributed by atoms with Gasteiger partial charge in [0, 0.05) is 6.07 Å². The van der Waals surface area contributed by atoms with Crippen LogP contribution in [0.3, 0.4) is 0 Å². The Hall–Kier alpha value is -3.88. The molecule has 9 heteroatoms. The van der Waals surface area contributed by atoms with Gasteiger partial charge >= 0.3 is 5.97 Å². The molecule has 0 aliphatic heterocycles. The van der Waals surface area contributed by atoms with E-state index >= 15 is 0 Å². The van der Waals surface area contributed by atoms with Crippen molar-refractivity contribution in [2.24, 2.45) is 0 Å². The molecule has 1 unspecified atom stereocenters. The standard InChI is InChI=1S/C22H22FN3O5/c1-12-4-5-13(2)18(8-12)26-20(27)10-17(25-26)22(30)24-16(11-21(28)29)14-6-7-19(31-3)15(23)9-14/h4-10,16,25H,11H2,1-3H3,(H,24,30)(H,28,29). The molecule has 8 nitrogen and oxygen atoms in total. The molecule has 0 spiro atoms. The van der Waals surface area contributed by atoms with Crippen molar-refractivity contribution in [1.82, 2.24) is 15.1 Å². The second-order valence-electron chi connectivity index (χ2n) is 7.15. The molecule has 0 aliphatic carbocycles. The number of rotatable bonds is 7. The highest BCUT2D eigenvalue weighted by Gasteiger charge is 2.22. The zero-order valence-electron chi connectivity index (χ0n) is 17.2. The Morgan fingerprint density at radius 1 is 1.19 bits per heavy atom. The molecule has 0 radical (unpaired) electrons. The third-order valence-electron chi connectivity index (χ3n) is 4.83. The van der Waals surface area contributed by atoms with E-state index in [2.05, 4.69) is 10.4 Å². The van der Waals surface area contributed by atoms with Crippen molar-refractivity contribution in [2.75, 3.05) is 7.11 Å². The van der Waals surface area contributed by atoms with Crippen molar-refractivity contribution in [1.29, 1.82) is 0 Å². The highest BCUT2D eigenvalue weighted by atomic mass is 19.1. The Morgan fingerprint density at radius 3 is 2.58 bits per heavy atom. The van der Waals surface area contributed by atoms with Gasteiger partial charge in [-0.15, -0.1) is 0 Å². The average molecular weight is 427 g/mol. The molecule has 162 valence electrons. The van der Waals surface area contributed by atoms with Crippen LogP contribution in [0, 0.1) is 19.7 Å². The molecule has 1 atom stereocenters. The van der Waals surface area contributed by atoms with Crippen LogP contribution in [0.5, 0.6) is 5.75 Å². The number of nitrogens with zero attached hydrogens (tertiary/aromatic N) is 1. The number of H-pyrrole nitrogens is 1. The lowest BCUT2D eigenvalue weighted by atomic mass is 10.0. The zero-order valence-corrected chi connectivity index (χ0v) is 17.2. The van der Waals surface area contributed by atoms with Crippen LogP contribution in [-0.4, -0.2) is 33.9 Å². The summed E-state index contributed by atoms with van der Waals surface area (Å²) in [5.74, 6) is -2.55. The molecule has 31 heavy (non-hydrogen) atoms. The lowest BCUT2D eigenvalue weighted by Crippen LogP contribution is -2.30. The Morgan fingerprint density at radius 2 is 1.94 bits per heavy atom. The van der Waals surface area contributed by atoms with Gasteiger partial charge in [0.2, 0.25) is 0 Å². The summed E-state index contributed by atoms with van der Waals surface area (Å²) in [6.45, 7) is 3.72. The lowest BCUT2D eigenvalue weighted by molar-refractivity contribution is -0.137. The molecule has 0 bridgehead atoms. The van der Waals surface area contributed by atoms with Gasteiger partial charge in [0.05, 0.1) is 25.3 Å². The van der Waals surface area contributed by atoms with Gasteiger partial charge in [-0.2, -0.15) is 0 Å². The molecule has 1 heterocycles. The summed E-state index contributed by atoms with van der Waals surface area (Å²) in [6.07, 6.45) is -0.473. The van der Waals surface area contributed by atoms with Gasteiger partial charge in [-0.25, -0.2) is 9.07 Å². The minimum Gasteiger partial charge on any atom is -0.494 e. The van der Waals surface area contributed by atoms with Crippen LogP contribution in [0.4, 0.5) is 4.39 Å². The molecule has 0 saturated heterocycles. The number of carbonyl (C=O) groups excluding carboxylic acids is 1. The van der Waals surface area contributed by atoms with Crippen molar-refractivity contribution in [3.05, 3.63) is 81.0 Å². The molecule has 0 saturated carbocycles. The average Bonchev–Trinajstić information content (AvgIpc) is 3.10. The van der Waals surface area contributed by atoms with Crippen LogP contribution in [0.15, 0.2) is 47.3 Å². The maximum Gasteiger partial charge on any atom is 0.305 e. The summed E-state index contributed by atoms with van der Waals surface area (Å²) < 4.78 is 20.2. The Kier molecular flexibility index (Phi) is 6.24. The number of hydrogen-bond donors (Lipinski definition) is 3. The van der Waals surface area contributed by atoms with E-state index in [0.29, 0.717) is 5.69 Å². The normalized spacial score (nSPS) is 11.7. The molecular weight excluding hydrogens is 405 g/mol. The van der Waals surface area contributed by atoms with Gasteiger partial charge < -0.3 is 15.2 Å². The maximum absolute atomic E-state index is 14.1. The quantitative estimate of drug-likeness (QED) is 0.537. The van der Waals surface area contributed by atoms with Crippen molar-refractivity contribution in [2.45, 2.75) is 26.3 Å². The zero-order chi connectivity index (χ0) is 22.7. The fourth-order valence-electron chi connectivity index (χ4n) is 3.21. The number of aromatic nitrogens is 2. The fourth-order valence-corrected chi connectivity index (χ4v) is 3.21.